The average molecular weight is 332 g/mol. The lowest BCUT2D eigenvalue weighted by Gasteiger charge is -2.06. The van der Waals surface area contributed by atoms with E-state index in [2.05, 4.69) is 0 Å². The Bertz CT molecular complexity index is 801. The van der Waals surface area contributed by atoms with Crippen LogP contribution in [0.1, 0.15) is 0 Å². The van der Waals surface area contributed by atoms with E-state index in [9.17, 15) is 25.6 Å². The number of halogens is 2. The summed E-state index contributed by atoms with van der Waals surface area (Å²) in [5, 5.41) is -1.26. The van der Waals surface area contributed by atoms with Gasteiger partial charge in [-0.1, -0.05) is 12.1 Å². The minimum atomic E-state index is -4.25. The van der Waals surface area contributed by atoms with Crippen LogP contribution in [-0.4, -0.2) is 21.9 Å². The van der Waals surface area contributed by atoms with Crippen LogP contribution in [-0.2, 0) is 19.7 Å². The summed E-state index contributed by atoms with van der Waals surface area (Å²) in [6.07, 6.45) is 0. The van der Waals surface area contributed by atoms with Crippen LogP contribution in [0.3, 0.4) is 0 Å². The zero-order valence-electron chi connectivity index (χ0n) is 10.5. The van der Waals surface area contributed by atoms with Crippen LogP contribution in [0.5, 0.6) is 0 Å². The van der Waals surface area contributed by atoms with Crippen molar-refractivity contribution >= 4 is 19.7 Å². The summed E-state index contributed by atoms with van der Waals surface area (Å²) in [6.45, 7) is 0. The fraction of sp³-hybridized carbons (Fsp3) is 0.0769. The Morgan fingerprint density at radius 2 is 1.10 bits per heavy atom. The molecule has 0 bridgehead atoms. The van der Waals surface area contributed by atoms with Crippen LogP contribution in [0, 0.1) is 11.6 Å². The van der Waals surface area contributed by atoms with Gasteiger partial charge in [-0.15, -0.1) is 0 Å². The number of hydrogen-bond acceptors (Lipinski definition) is 4. The zero-order valence-corrected chi connectivity index (χ0v) is 12.2. The maximum absolute atomic E-state index is 13.0. The molecule has 2 aromatic rings. The monoisotopic (exact) mass is 332 g/mol. The number of rotatable bonds is 4. The van der Waals surface area contributed by atoms with Gasteiger partial charge in [-0.2, -0.15) is 0 Å². The van der Waals surface area contributed by atoms with Gasteiger partial charge in [-0.05, 0) is 36.4 Å². The molecule has 0 aliphatic carbocycles. The molecule has 0 N–H and O–H groups in total. The van der Waals surface area contributed by atoms with E-state index >= 15 is 0 Å². The molecule has 2 rings (SSSR count). The lowest BCUT2D eigenvalue weighted by molar-refractivity contribution is 0.583. The molecular formula is C13H10F2O4S2. The number of sulfone groups is 2. The molecule has 0 aromatic heterocycles. The van der Waals surface area contributed by atoms with Crippen LogP contribution in [0.2, 0.25) is 0 Å². The van der Waals surface area contributed by atoms with Crippen LogP contribution in [0.4, 0.5) is 8.78 Å². The van der Waals surface area contributed by atoms with Gasteiger partial charge >= 0.3 is 0 Å². The summed E-state index contributed by atoms with van der Waals surface area (Å²) in [4.78, 5) is -0.884. The van der Waals surface area contributed by atoms with E-state index in [0.717, 1.165) is 48.5 Å². The van der Waals surface area contributed by atoms with E-state index in [1.54, 1.807) is 0 Å². The highest BCUT2D eigenvalue weighted by Crippen LogP contribution is 2.19. The number of benzene rings is 2. The van der Waals surface area contributed by atoms with E-state index in [4.69, 9.17) is 0 Å². The van der Waals surface area contributed by atoms with Crippen molar-refractivity contribution in [3.8, 4) is 0 Å². The standard InChI is InChI=1S/C13H10F2O4S2/c14-10-3-1-5-12(7-10)20(16,17)9-21(18,19)13-6-2-4-11(15)8-13/h1-8H,9H2. The first kappa shape index (κ1) is 15.6. The Morgan fingerprint density at radius 3 is 1.43 bits per heavy atom. The van der Waals surface area contributed by atoms with E-state index in [1.807, 2.05) is 0 Å². The summed E-state index contributed by atoms with van der Waals surface area (Å²) in [5.41, 5.74) is 0. The van der Waals surface area contributed by atoms with Crippen LogP contribution in [0.25, 0.3) is 0 Å². The molecule has 112 valence electrons. The summed E-state index contributed by atoms with van der Waals surface area (Å²) < 4.78 is 74.2. The fourth-order valence-electron chi connectivity index (χ4n) is 1.66. The van der Waals surface area contributed by atoms with E-state index in [0.29, 0.717) is 0 Å². The SMILES string of the molecule is O=S(=O)(CS(=O)(=O)c1cccc(F)c1)c1cccc(F)c1. The maximum atomic E-state index is 13.0. The lowest BCUT2D eigenvalue weighted by Crippen LogP contribution is -2.17. The molecule has 4 nitrogen and oxygen atoms in total. The topological polar surface area (TPSA) is 68.3 Å². The summed E-state index contributed by atoms with van der Waals surface area (Å²) >= 11 is 0. The van der Waals surface area contributed by atoms with E-state index in [-0.39, 0.29) is 0 Å². The molecule has 0 fully saturated rings. The van der Waals surface area contributed by atoms with Crippen molar-refractivity contribution in [3.05, 3.63) is 60.2 Å². The second-order valence-corrected chi connectivity index (χ2v) is 8.61. The summed E-state index contributed by atoms with van der Waals surface area (Å²) in [6, 6.07) is 8.07. The van der Waals surface area contributed by atoms with Gasteiger partial charge in [0.2, 0.25) is 0 Å². The Balaban J connectivity index is 2.40. The second kappa shape index (κ2) is 5.53. The van der Waals surface area contributed by atoms with Gasteiger partial charge in [0.05, 0.1) is 9.79 Å². The first-order chi connectivity index (χ1) is 9.71. The van der Waals surface area contributed by atoms with Gasteiger partial charge in [0.25, 0.3) is 0 Å². The smallest absolute Gasteiger partial charge is 0.193 e. The third-order valence-corrected chi connectivity index (χ3v) is 7.05. The fourth-order valence-corrected chi connectivity index (χ4v) is 5.54. The molecule has 0 aliphatic heterocycles. The Labute approximate surface area is 120 Å². The first-order valence-electron chi connectivity index (χ1n) is 5.67. The molecule has 0 saturated carbocycles. The molecule has 21 heavy (non-hydrogen) atoms. The van der Waals surface area contributed by atoms with Gasteiger partial charge in [0.15, 0.2) is 24.8 Å². The van der Waals surface area contributed by atoms with Crippen molar-refractivity contribution in [3.63, 3.8) is 0 Å². The van der Waals surface area contributed by atoms with Crippen molar-refractivity contribution in [1.82, 2.24) is 0 Å². The third-order valence-electron chi connectivity index (χ3n) is 2.62. The molecule has 0 atom stereocenters. The Hall–Kier alpha value is -1.80. The van der Waals surface area contributed by atoms with E-state index < -0.39 is 46.2 Å². The molecule has 0 aliphatic rings. The largest absolute Gasteiger partial charge is 0.223 e. The molecule has 2 aromatic carbocycles. The van der Waals surface area contributed by atoms with Gasteiger partial charge in [0.1, 0.15) is 11.6 Å². The number of hydrogen-bond donors (Lipinski definition) is 0. The zero-order chi connectivity index (χ0) is 15.7. The van der Waals surface area contributed by atoms with Gasteiger partial charge in [-0.25, -0.2) is 25.6 Å². The minimum Gasteiger partial charge on any atom is -0.223 e. The third kappa shape index (κ3) is 3.64. The first-order valence-corrected chi connectivity index (χ1v) is 8.98. The van der Waals surface area contributed by atoms with Crippen LogP contribution >= 0.6 is 0 Å². The van der Waals surface area contributed by atoms with Gasteiger partial charge in [-0.3, -0.25) is 0 Å². The molecule has 0 spiro atoms. The summed E-state index contributed by atoms with van der Waals surface area (Å²) in [7, 11) is -8.50. The quantitative estimate of drug-likeness (QED) is 0.860. The molecule has 0 heterocycles. The predicted molar refractivity (Wildman–Crippen MR) is 72.0 cm³/mol. The highest BCUT2D eigenvalue weighted by atomic mass is 32.3. The predicted octanol–water partition coefficient (Wildman–Crippen LogP) is 2.17. The molecule has 0 unspecified atom stereocenters. The highest BCUT2D eigenvalue weighted by Gasteiger charge is 2.26. The Morgan fingerprint density at radius 1 is 0.714 bits per heavy atom. The average Bonchev–Trinajstić information content (AvgIpc) is 2.37. The second-order valence-electron chi connectivity index (χ2n) is 4.26. The van der Waals surface area contributed by atoms with Crippen molar-refractivity contribution in [2.45, 2.75) is 9.79 Å². The van der Waals surface area contributed by atoms with Crippen LogP contribution < -0.4 is 0 Å². The molecule has 8 heteroatoms. The molecule has 0 amide bonds. The normalized spacial score (nSPS) is 12.3. The van der Waals surface area contributed by atoms with Crippen molar-refractivity contribution in [2.75, 3.05) is 5.08 Å². The van der Waals surface area contributed by atoms with Crippen molar-refractivity contribution in [1.29, 1.82) is 0 Å². The van der Waals surface area contributed by atoms with Gasteiger partial charge in [0, 0.05) is 0 Å². The van der Waals surface area contributed by atoms with E-state index in [1.165, 1.54) is 0 Å². The molecule has 0 saturated heterocycles. The summed E-state index contributed by atoms with van der Waals surface area (Å²) in [5.74, 6) is -1.58. The van der Waals surface area contributed by atoms with Gasteiger partial charge < -0.3 is 0 Å². The molecular weight excluding hydrogens is 322 g/mol. The highest BCUT2D eigenvalue weighted by molar-refractivity contribution is 8.08. The van der Waals surface area contributed by atoms with Crippen molar-refractivity contribution in [2.24, 2.45) is 0 Å². The van der Waals surface area contributed by atoms with Crippen LogP contribution in [0.15, 0.2) is 58.3 Å². The Kier molecular flexibility index (Phi) is 4.11. The van der Waals surface area contributed by atoms with Crippen molar-refractivity contribution < 1.29 is 25.6 Å². The minimum absolute atomic E-state index is 0.442. The molecule has 0 radical (unpaired) electrons. The maximum Gasteiger partial charge on any atom is 0.193 e. The lowest BCUT2D eigenvalue weighted by atomic mass is 10.4.